The Bertz CT molecular complexity index is 313. The molecule has 13 heavy (non-hydrogen) atoms. The number of benzene rings is 1. The van der Waals surface area contributed by atoms with Gasteiger partial charge in [0, 0.05) is 10.5 Å². The SMILES string of the molecule is COc1cc([C@H](C)N)c(Br)cc1O. The van der Waals surface area contributed by atoms with E-state index < -0.39 is 0 Å². The summed E-state index contributed by atoms with van der Waals surface area (Å²) in [5, 5.41) is 9.40. The Hall–Kier alpha value is -0.740. The molecule has 3 N–H and O–H groups in total. The zero-order valence-electron chi connectivity index (χ0n) is 7.54. The zero-order valence-corrected chi connectivity index (χ0v) is 9.13. The van der Waals surface area contributed by atoms with Crippen LogP contribution in [0.3, 0.4) is 0 Å². The van der Waals surface area contributed by atoms with Gasteiger partial charge in [0.05, 0.1) is 7.11 Å². The van der Waals surface area contributed by atoms with Crippen molar-refractivity contribution < 1.29 is 9.84 Å². The van der Waals surface area contributed by atoms with Crippen LogP contribution in [-0.2, 0) is 0 Å². The van der Waals surface area contributed by atoms with Crippen molar-refractivity contribution in [1.29, 1.82) is 0 Å². The van der Waals surface area contributed by atoms with Crippen LogP contribution in [0.2, 0.25) is 0 Å². The summed E-state index contributed by atoms with van der Waals surface area (Å²) in [5.74, 6) is 0.550. The van der Waals surface area contributed by atoms with Gasteiger partial charge in [0.15, 0.2) is 11.5 Å². The van der Waals surface area contributed by atoms with Crippen LogP contribution in [0.1, 0.15) is 18.5 Å². The molecule has 0 saturated heterocycles. The van der Waals surface area contributed by atoms with Crippen molar-refractivity contribution in [2.45, 2.75) is 13.0 Å². The van der Waals surface area contributed by atoms with Crippen molar-refractivity contribution in [2.75, 3.05) is 7.11 Å². The molecule has 0 aliphatic heterocycles. The Kier molecular flexibility index (Phi) is 3.17. The lowest BCUT2D eigenvalue weighted by atomic mass is 10.1. The van der Waals surface area contributed by atoms with Gasteiger partial charge in [0.1, 0.15) is 0 Å². The Balaban J connectivity index is 3.22. The van der Waals surface area contributed by atoms with E-state index >= 15 is 0 Å². The summed E-state index contributed by atoms with van der Waals surface area (Å²) in [6.45, 7) is 1.87. The van der Waals surface area contributed by atoms with Gasteiger partial charge in [0.2, 0.25) is 0 Å². The molecule has 0 amide bonds. The second-order valence-electron chi connectivity index (χ2n) is 2.83. The lowest BCUT2D eigenvalue weighted by molar-refractivity contribution is 0.372. The summed E-state index contributed by atoms with van der Waals surface area (Å²) in [6.07, 6.45) is 0. The summed E-state index contributed by atoms with van der Waals surface area (Å²) in [5.41, 5.74) is 6.63. The van der Waals surface area contributed by atoms with Gasteiger partial charge in [-0.25, -0.2) is 0 Å². The Morgan fingerprint density at radius 2 is 2.15 bits per heavy atom. The number of nitrogens with two attached hydrogens (primary N) is 1. The fraction of sp³-hybridized carbons (Fsp3) is 0.333. The van der Waals surface area contributed by atoms with Crippen molar-refractivity contribution in [3.8, 4) is 11.5 Å². The summed E-state index contributed by atoms with van der Waals surface area (Å²) >= 11 is 3.32. The van der Waals surface area contributed by atoms with E-state index in [1.54, 1.807) is 12.1 Å². The third-order valence-corrected chi connectivity index (χ3v) is 2.48. The molecule has 1 atom stereocenters. The van der Waals surface area contributed by atoms with Crippen LogP contribution in [0.5, 0.6) is 11.5 Å². The summed E-state index contributed by atoms with van der Waals surface area (Å²) in [7, 11) is 1.51. The van der Waals surface area contributed by atoms with Gasteiger partial charge in [-0.15, -0.1) is 0 Å². The predicted molar refractivity (Wildman–Crippen MR) is 55.0 cm³/mol. The van der Waals surface area contributed by atoms with Crippen LogP contribution < -0.4 is 10.5 Å². The Morgan fingerprint density at radius 3 is 2.62 bits per heavy atom. The molecule has 1 aromatic carbocycles. The molecule has 0 radical (unpaired) electrons. The first-order valence-electron chi connectivity index (χ1n) is 3.88. The number of halogens is 1. The molecular weight excluding hydrogens is 234 g/mol. The molecule has 0 unspecified atom stereocenters. The molecule has 0 bridgehead atoms. The number of phenols is 1. The number of hydrogen-bond acceptors (Lipinski definition) is 3. The van der Waals surface area contributed by atoms with Crippen LogP contribution in [0.4, 0.5) is 0 Å². The van der Waals surface area contributed by atoms with Crippen LogP contribution >= 0.6 is 15.9 Å². The predicted octanol–water partition coefficient (Wildman–Crippen LogP) is 2.18. The maximum absolute atomic E-state index is 9.40. The maximum atomic E-state index is 9.40. The first-order valence-corrected chi connectivity index (χ1v) is 4.67. The fourth-order valence-corrected chi connectivity index (χ4v) is 1.76. The van der Waals surface area contributed by atoms with Crippen molar-refractivity contribution in [3.05, 3.63) is 22.2 Å². The minimum Gasteiger partial charge on any atom is -0.504 e. The zero-order chi connectivity index (χ0) is 10.0. The molecule has 1 aromatic rings. The van der Waals surface area contributed by atoms with E-state index in [0.717, 1.165) is 10.0 Å². The topological polar surface area (TPSA) is 55.5 Å². The van der Waals surface area contributed by atoms with Gasteiger partial charge >= 0.3 is 0 Å². The second kappa shape index (κ2) is 3.98. The van der Waals surface area contributed by atoms with Gasteiger partial charge in [-0.1, -0.05) is 15.9 Å². The van der Waals surface area contributed by atoms with Gasteiger partial charge in [-0.05, 0) is 24.6 Å². The van der Waals surface area contributed by atoms with Gasteiger partial charge in [0.25, 0.3) is 0 Å². The van der Waals surface area contributed by atoms with E-state index in [2.05, 4.69) is 15.9 Å². The first kappa shape index (κ1) is 10.3. The average Bonchev–Trinajstić information content (AvgIpc) is 2.03. The molecule has 0 fully saturated rings. The third-order valence-electron chi connectivity index (χ3n) is 1.79. The van der Waals surface area contributed by atoms with Crippen molar-refractivity contribution >= 4 is 15.9 Å². The quantitative estimate of drug-likeness (QED) is 0.840. The van der Waals surface area contributed by atoms with E-state index in [1.165, 1.54) is 7.11 Å². The molecule has 1 rings (SSSR count). The minimum atomic E-state index is -0.0936. The fourth-order valence-electron chi connectivity index (χ4n) is 1.07. The number of ether oxygens (including phenoxy) is 1. The highest BCUT2D eigenvalue weighted by Gasteiger charge is 2.10. The first-order chi connectivity index (χ1) is 6.06. The molecule has 0 aromatic heterocycles. The normalized spacial score (nSPS) is 12.6. The highest BCUT2D eigenvalue weighted by atomic mass is 79.9. The van der Waals surface area contributed by atoms with Crippen molar-refractivity contribution in [2.24, 2.45) is 5.73 Å². The van der Waals surface area contributed by atoms with Gasteiger partial charge in [-0.2, -0.15) is 0 Å². The van der Waals surface area contributed by atoms with Crippen LogP contribution in [-0.4, -0.2) is 12.2 Å². The maximum Gasteiger partial charge on any atom is 0.160 e. The summed E-state index contributed by atoms with van der Waals surface area (Å²) in [6, 6.07) is 3.21. The molecule has 4 heteroatoms. The lowest BCUT2D eigenvalue weighted by Crippen LogP contribution is -2.06. The second-order valence-corrected chi connectivity index (χ2v) is 3.69. The van der Waals surface area contributed by atoms with Crippen molar-refractivity contribution in [1.82, 2.24) is 0 Å². The van der Waals surface area contributed by atoms with Gasteiger partial charge in [-0.3, -0.25) is 0 Å². The summed E-state index contributed by atoms with van der Waals surface area (Å²) < 4.78 is 5.76. The molecule has 0 heterocycles. The minimum absolute atomic E-state index is 0.0936. The third kappa shape index (κ3) is 2.14. The van der Waals surface area contributed by atoms with E-state index in [-0.39, 0.29) is 11.8 Å². The number of aromatic hydroxyl groups is 1. The van der Waals surface area contributed by atoms with E-state index in [1.807, 2.05) is 6.92 Å². The number of phenolic OH excluding ortho intramolecular Hbond substituents is 1. The highest BCUT2D eigenvalue weighted by Crippen LogP contribution is 2.34. The molecule has 0 spiro atoms. The molecule has 0 saturated carbocycles. The number of methoxy groups -OCH3 is 1. The van der Waals surface area contributed by atoms with Crippen LogP contribution in [0.25, 0.3) is 0 Å². The largest absolute Gasteiger partial charge is 0.504 e. The Morgan fingerprint density at radius 1 is 1.54 bits per heavy atom. The summed E-state index contributed by atoms with van der Waals surface area (Å²) in [4.78, 5) is 0. The van der Waals surface area contributed by atoms with E-state index in [0.29, 0.717) is 5.75 Å². The highest BCUT2D eigenvalue weighted by molar-refractivity contribution is 9.10. The molecule has 0 aliphatic carbocycles. The van der Waals surface area contributed by atoms with E-state index in [9.17, 15) is 5.11 Å². The molecular formula is C9H12BrNO2. The van der Waals surface area contributed by atoms with Crippen LogP contribution in [0.15, 0.2) is 16.6 Å². The monoisotopic (exact) mass is 245 g/mol. The number of hydrogen-bond donors (Lipinski definition) is 2. The molecule has 3 nitrogen and oxygen atoms in total. The van der Waals surface area contributed by atoms with Crippen molar-refractivity contribution in [3.63, 3.8) is 0 Å². The smallest absolute Gasteiger partial charge is 0.160 e. The van der Waals surface area contributed by atoms with Crippen LogP contribution in [0, 0.1) is 0 Å². The number of rotatable bonds is 2. The molecule has 0 aliphatic rings. The average molecular weight is 246 g/mol. The van der Waals surface area contributed by atoms with E-state index in [4.69, 9.17) is 10.5 Å². The Labute approximate surface area is 85.6 Å². The standard InChI is InChI=1S/C9H12BrNO2/c1-5(11)6-3-9(13-2)8(12)4-7(6)10/h3-5,12H,11H2,1-2H3/t5-/m0/s1. The molecule has 72 valence electrons. The lowest BCUT2D eigenvalue weighted by Gasteiger charge is -2.11. The van der Waals surface area contributed by atoms with Gasteiger partial charge < -0.3 is 15.6 Å².